The molecule has 3 aromatic carbocycles. The second-order valence-corrected chi connectivity index (χ2v) is 10.0. The number of aryl methyl sites for hydroxylation is 3. The number of fused-ring (bicyclic) bond motifs is 1. The zero-order valence-electron chi connectivity index (χ0n) is 23.6. The Morgan fingerprint density at radius 2 is 1.58 bits per heavy atom. The highest BCUT2D eigenvalue weighted by molar-refractivity contribution is 5.80. The van der Waals surface area contributed by atoms with Crippen molar-refractivity contribution in [3.05, 3.63) is 117 Å². The fraction of sp³-hybridized carbons (Fsp3) is 0.194. The van der Waals surface area contributed by atoms with Crippen LogP contribution in [0.25, 0.3) is 33.7 Å². The Hall–Kier alpha value is -5.65. The average Bonchev–Trinajstić information content (AvgIpc) is 3.69. The number of ether oxygens (including phenoxy) is 1. The fourth-order valence-electron chi connectivity index (χ4n) is 5.19. The molecule has 3 aromatic heterocycles. The number of hydrogen-bond donors (Lipinski definition) is 1. The molecule has 0 aliphatic heterocycles. The first-order valence-corrected chi connectivity index (χ1v) is 13.7. The summed E-state index contributed by atoms with van der Waals surface area (Å²) in [6.45, 7) is 1.92. The quantitative estimate of drug-likeness (QED) is 0.259. The van der Waals surface area contributed by atoms with E-state index in [2.05, 4.69) is 25.6 Å². The van der Waals surface area contributed by atoms with Gasteiger partial charge in [-0.25, -0.2) is 14.3 Å². The van der Waals surface area contributed by atoms with Gasteiger partial charge in [0.2, 0.25) is 5.82 Å². The smallest absolute Gasteiger partial charge is 0.333 e. The van der Waals surface area contributed by atoms with Crippen LogP contribution in [0.5, 0.6) is 0 Å². The number of rotatable bonds is 9. The summed E-state index contributed by atoms with van der Waals surface area (Å²) in [7, 11) is 1.22. The molecule has 216 valence electrons. The van der Waals surface area contributed by atoms with Gasteiger partial charge in [0.05, 0.1) is 7.11 Å². The lowest BCUT2D eigenvalue weighted by Gasteiger charge is -2.13. The van der Waals surface area contributed by atoms with Crippen LogP contribution in [0.2, 0.25) is 0 Å². The topological polar surface area (TPSA) is 143 Å². The normalized spacial score (nSPS) is 11.2. The van der Waals surface area contributed by atoms with E-state index in [-0.39, 0.29) is 17.7 Å². The van der Waals surface area contributed by atoms with E-state index in [1.165, 1.54) is 11.7 Å². The van der Waals surface area contributed by atoms with E-state index in [9.17, 15) is 14.4 Å². The molecule has 12 nitrogen and oxygen atoms in total. The molecule has 3 heterocycles. The van der Waals surface area contributed by atoms with Crippen molar-refractivity contribution < 1.29 is 9.53 Å². The van der Waals surface area contributed by atoms with Gasteiger partial charge in [-0.3, -0.25) is 14.2 Å². The molecule has 0 spiro atoms. The van der Waals surface area contributed by atoms with Crippen LogP contribution in [-0.4, -0.2) is 52.4 Å². The van der Waals surface area contributed by atoms with Gasteiger partial charge >= 0.3 is 11.7 Å². The van der Waals surface area contributed by atoms with Gasteiger partial charge in [-0.1, -0.05) is 78.9 Å². The van der Waals surface area contributed by atoms with E-state index in [0.29, 0.717) is 24.6 Å². The number of nitrogens with one attached hydrogen (secondary N) is 1. The van der Waals surface area contributed by atoms with E-state index >= 15 is 0 Å². The van der Waals surface area contributed by atoms with Crippen LogP contribution in [0.3, 0.4) is 0 Å². The molecule has 6 aromatic rings. The number of H-pyrrole nitrogens is 1. The lowest BCUT2D eigenvalue weighted by molar-refractivity contribution is -0.141. The number of aromatic amines is 1. The maximum Gasteiger partial charge on any atom is 0.333 e. The Kier molecular flexibility index (Phi) is 7.48. The first kappa shape index (κ1) is 27.5. The maximum absolute atomic E-state index is 13.7. The van der Waals surface area contributed by atoms with Crippen molar-refractivity contribution in [1.82, 2.24) is 39.3 Å². The van der Waals surface area contributed by atoms with Gasteiger partial charge in [0.25, 0.3) is 5.56 Å². The molecule has 0 saturated heterocycles. The summed E-state index contributed by atoms with van der Waals surface area (Å²) in [6, 6.07) is 25.5. The average molecular weight is 577 g/mol. The van der Waals surface area contributed by atoms with Crippen LogP contribution >= 0.6 is 0 Å². The minimum absolute atomic E-state index is 0.251. The van der Waals surface area contributed by atoms with E-state index in [0.717, 1.165) is 32.4 Å². The van der Waals surface area contributed by atoms with Gasteiger partial charge in [-0.2, -0.15) is 5.21 Å². The van der Waals surface area contributed by atoms with E-state index in [4.69, 9.17) is 4.74 Å². The first-order chi connectivity index (χ1) is 20.9. The third-order valence-corrected chi connectivity index (χ3v) is 7.41. The highest BCUT2D eigenvalue weighted by Crippen LogP contribution is 2.30. The second-order valence-electron chi connectivity index (χ2n) is 10.0. The zero-order valence-corrected chi connectivity index (χ0v) is 23.6. The molecular weight excluding hydrogens is 548 g/mol. The number of hydrogen-bond acceptors (Lipinski definition) is 8. The molecule has 6 rings (SSSR count). The molecule has 0 atom stereocenters. The highest BCUT2D eigenvalue weighted by Gasteiger charge is 2.22. The Labute approximate surface area is 245 Å². The van der Waals surface area contributed by atoms with Crippen LogP contribution in [0, 0.1) is 6.92 Å². The van der Waals surface area contributed by atoms with Gasteiger partial charge in [0.15, 0.2) is 11.2 Å². The van der Waals surface area contributed by atoms with E-state index in [1.54, 1.807) is 11.5 Å². The number of nitrogens with zero attached hydrogens (tertiary/aromatic N) is 7. The minimum Gasteiger partial charge on any atom is -0.468 e. The van der Waals surface area contributed by atoms with Crippen LogP contribution in [0.1, 0.15) is 17.0 Å². The number of carbonyl (C=O) groups is 1. The van der Waals surface area contributed by atoms with Gasteiger partial charge in [-0.05, 0) is 40.8 Å². The van der Waals surface area contributed by atoms with Crippen molar-refractivity contribution in [3.63, 3.8) is 0 Å². The summed E-state index contributed by atoms with van der Waals surface area (Å²) in [4.78, 5) is 44.0. The molecule has 0 saturated carbocycles. The monoisotopic (exact) mass is 576 g/mol. The Bertz CT molecular complexity index is 2030. The number of imidazole rings is 1. The summed E-state index contributed by atoms with van der Waals surface area (Å²) >= 11 is 0. The highest BCUT2D eigenvalue weighted by atomic mass is 16.5. The summed E-state index contributed by atoms with van der Waals surface area (Å²) in [5.74, 6) is 0.386. The molecule has 12 heteroatoms. The van der Waals surface area contributed by atoms with Gasteiger partial charge < -0.3 is 9.30 Å². The number of aromatic nitrogens is 8. The number of carbonyl (C=O) groups excluding carboxylic acids is 1. The number of methoxy groups -OCH3 is 1. The molecular formula is C31H28N8O4. The second kappa shape index (κ2) is 11.7. The van der Waals surface area contributed by atoms with Crippen molar-refractivity contribution in [2.45, 2.75) is 33.0 Å². The third-order valence-electron chi connectivity index (χ3n) is 7.41. The van der Waals surface area contributed by atoms with E-state index in [1.807, 2.05) is 78.9 Å². The number of tetrazole rings is 1. The summed E-state index contributed by atoms with van der Waals surface area (Å²) in [6.07, 6.45) is 0.547. The Balaban J connectivity index is 1.39. The molecule has 0 amide bonds. The largest absolute Gasteiger partial charge is 0.468 e. The molecule has 0 radical (unpaired) electrons. The molecule has 0 aliphatic carbocycles. The predicted molar refractivity (Wildman–Crippen MR) is 159 cm³/mol. The summed E-state index contributed by atoms with van der Waals surface area (Å²) in [5, 5.41) is 14.4. The lowest BCUT2D eigenvalue weighted by atomic mass is 9.98. The molecule has 43 heavy (non-hydrogen) atoms. The van der Waals surface area contributed by atoms with Crippen LogP contribution in [-0.2, 0) is 35.6 Å². The van der Waals surface area contributed by atoms with Crippen LogP contribution in [0.15, 0.2) is 88.5 Å². The SMILES string of the molecule is COC(=O)Cn1c(=O)c2c(nc(C)n2Cc2ccc(-c3ccccc3-c3nn[nH]n3)cc2)n(CCc2ccccc2)c1=O. The molecule has 0 fully saturated rings. The number of benzene rings is 3. The van der Waals surface area contributed by atoms with Crippen molar-refractivity contribution >= 4 is 17.1 Å². The van der Waals surface area contributed by atoms with Crippen molar-refractivity contribution in [2.75, 3.05) is 7.11 Å². The molecule has 1 N–H and O–H groups in total. The lowest BCUT2D eigenvalue weighted by Crippen LogP contribution is -2.42. The fourth-order valence-corrected chi connectivity index (χ4v) is 5.19. The van der Waals surface area contributed by atoms with Gasteiger partial charge in [-0.15, -0.1) is 10.2 Å². The number of esters is 1. The Morgan fingerprint density at radius 3 is 2.28 bits per heavy atom. The minimum atomic E-state index is -0.687. The standard InChI is InChI=1S/C31H28N8O4/c1-20-32-29-27(30(41)39(19-26(40)43-2)31(42)37(29)17-16-21-8-4-3-5-9-21)38(20)18-22-12-14-23(15-13-22)24-10-6-7-11-25(24)28-33-35-36-34-28/h3-15H,16-19H2,1-2H3,(H,33,34,35,36). The van der Waals surface area contributed by atoms with Crippen molar-refractivity contribution in [1.29, 1.82) is 0 Å². The summed E-state index contributed by atoms with van der Waals surface area (Å²) < 4.78 is 8.95. The van der Waals surface area contributed by atoms with E-state index < -0.39 is 23.8 Å². The van der Waals surface area contributed by atoms with Gasteiger partial charge in [0, 0.05) is 18.7 Å². The third kappa shape index (κ3) is 5.37. The van der Waals surface area contributed by atoms with Crippen LogP contribution in [0.4, 0.5) is 0 Å². The zero-order chi connectivity index (χ0) is 29.9. The predicted octanol–water partition coefficient (Wildman–Crippen LogP) is 2.98. The van der Waals surface area contributed by atoms with Gasteiger partial charge in [0.1, 0.15) is 12.4 Å². The molecule has 0 unspecified atom stereocenters. The maximum atomic E-state index is 13.7. The first-order valence-electron chi connectivity index (χ1n) is 13.7. The molecule has 0 aliphatic rings. The van der Waals surface area contributed by atoms with Crippen LogP contribution < -0.4 is 11.2 Å². The summed E-state index contributed by atoms with van der Waals surface area (Å²) in [5.41, 5.74) is 4.06. The molecule has 0 bridgehead atoms. The van der Waals surface area contributed by atoms with Crippen molar-refractivity contribution in [3.8, 4) is 22.5 Å². The van der Waals surface area contributed by atoms with Crippen molar-refractivity contribution in [2.24, 2.45) is 0 Å². The Morgan fingerprint density at radius 1 is 0.860 bits per heavy atom.